The number of hydrogen-bond acceptors (Lipinski definition) is 0. The zero-order chi connectivity index (χ0) is 6.69. The lowest BCUT2D eigenvalue weighted by Gasteiger charge is -1.90. The van der Waals surface area contributed by atoms with E-state index in [1.807, 2.05) is 11.6 Å². The van der Waals surface area contributed by atoms with Crippen molar-refractivity contribution in [2.75, 3.05) is 0 Å². The summed E-state index contributed by atoms with van der Waals surface area (Å²) in [6, 6.07) is 4.28. The van der Waals surface area contributed by atoms with Crippen LogP contribution >= 0.6 is 0 Å². The van der Waals surface area contributed by atoms with E-state index in [-0.39, 0.29) is 0 Å². The molecule has 0 amide bonds. The molecule has 0 aliphatic carbocycles. The second kappa shape index (κ2) is 2.62. The first-order valence-corrected chi connectivity index (χ1v) is 3.27. The summed E-state index contributed by atoms with van der Waals surface area (Å²) >= 11 is 0. The SMILES string of the molecule is CCc1cc[n+](C)cc1. The van der Waals surface area contributed by atoms with Gasteiger partial charge in [0, 0.05) is 12.1 Å². The second-order valence-corrected chi connectivity index (χ2v) is 2.23. The molecule has 1 aromatic rings. The van der Waals surface area contributed by atoms with Crippen molar-refractivity contribution in [1.29, 1.82) is 0 Å². The van der Waals surface area contributed by atoms with Crippen LogP contribution in [0, 0.1) is 0 Å². The fourth-order valence-corrected chi connectivity index (χ4v) is 0.768. The van der Waals surface area contributed by atoms with Crippen molar-refractivity contribution in [3.8, 4) is 0 Å². The number of hydrogen-bond donors (Lipinski definition) is 0. The number of aromatic nitrogens is 1. The molecule has 0 fully saturated rings. The maximum atomic E-state index is 2.16. The maximum absolute atomic E-state index is 2.16. The standard InChI is InChI=1S/C8H12N/c1-3-8-4-6-9(2)7-5-8/h4-7H,3H2,1-2H3/q+1. The van der Waals surface area contributed by atoms with Crippen molar-refractivity contribution in [1.82, 2.24) is 0 Å². The molecule has 0 atom stereocenters. The summed E-state index contributed by atoms with van der Waals surface area (Å²) in [5.74, 6) is 0. The van der Waals surface area contributed by atoms with Crippen LogP contribution in [0.5, 0.6) is 0 Å². The summed E-state index contributed by atoms with van der Waals surface area (Å²) in [6.45, 7) is 2.16. The van der Waals surface area contributed by atoms with Gasteiger partial charge in [0.1, 0.15) is 7.05 Å². The van der Waals surface area contributed by atoms with Gasteiger partial charge in [0.25, 0.3) is 0 Å². The Morgan fingerprint density at radius 1 is 1.33 bits per heavy atom. The van der Waals surface area contributed by atoms with E-state index in [1.54, 1.807) is 0 Å². The monoisotopic (exact) mass is 122 g/mol. The molecular formula is C8H12N+. The highest BCUT2D eigenvalue weighted by atomic mass is 14.9. The molecule has 0 saturated heterocycles. The quantitative estimate of drug-likeness (QED) is 0.491. The molecule has 0 radical (unpaired) electrons. The number of nitrogens with zero attached hydrogens (tertiary/aromatic N) is 1. The van der Waals surface area contributed by atoms with Gasteiger partial charge in [-0.1, -0.05) is 6.92 Å². The van der Waals surface area contributed by atoms with Gasteiger partial charge in [-0.05, 0) is 12.0 Å². The molecule has 0 aromatic carbocycles. The first kappa shape index (κ1) is 6.27. The molecule has 1 nitrogen and oxygen atoms in total. The number of rotatable bonds is 1. The van der Waals surface area contributed by atoms with Gasteiger partial charge >= 0.3 is 0 Å². The Balaban J connectivity index is 2.88. The van der Waals surface area contributed by atoms with Crippen molar-refractivity contribution < 1.29 is 4.57 Å². The zero-order valence-corrected chi connectivity index (χ0v) is 5.96. The van der Waals surface area contributed by atoms with Gasteiger partial charge in [0.2, 0.25) is 0 Å². The van der Waals surface area contributed by atoms with Crippen molar-refractivity contribution in [3.63, 3.8) is 0 Å². The van der Waals surface area contributed by atoms with Crippen molar-refractivity contribution in [3.05, 3.63) is 30.1 Å². The van der Waals surface area contributed by atoms with Crippen LogP contribution < -0.4 is 4.57 Å². The molecule has 0 saturated carbocycles. The lowest BCUT2D eigenvalue weighted by molar-refractivity contribution is -0.671. The molecule has 0 aliphatic heterocycles. The Labute approximate surface area is 56.0 Å². The van der Waals surface area contributed by atoms with Gasteiger partial charge in [-0.15, -0.1) is 0 Å². The minimum Gasteiger partial charge on any atom is -0.208 e. The molecule has 0 unspecified atom stereocenters. The normalized spacial score (nSPS) is 9.56. The average Bonchev–Trinajstić information content (AvgIpc) is 1.90. The Hall–Kier alpha value is -0.850. The van der Waals surface area contributed by atoms with Gasteiger partial charge < -0.3 is 0 Å². The molecule has 0 aliphatic rings. The summed E-state index contributed by atoms with van der Waals surface area (Å²) in [5, 5.41) is 0. The van der Waals surface area contributed by atoms with Crippen LogP contribution in [0.15, 0.2) is 24.5 Å². The van der Waals surface area contributed by atoms with E-state index in [0.29, 0.717) is 0 Å². The third-order valence-corrected chi connectivity index (χ3v) is 1.46. The van der Waals surface area contributed by atoms with E-state index in [2.05, 4.69) is 31.5 Å². The van der Waals surface area contributed by atoms with Crippen LogP contribution in [0.2, 0.25) is 0 Å². The molecule has 9 heavy (non-hydrogen) atoms. The van der Waals surface area contributed by atoms with Crippen LogP contribution in [-0.4, -0.2) is 0 Å². The first-order valence-electron chi connectivity index (χ1n) is 3.27. The first-order chi connectivity index (χ1) is 4.33. The molecule has 0 spiro atoms. The molecule has 0 bridgehead atoms. The van der Waals surface area contributed by atoms with E-state index in [1.165, 1.54) is 5.56 Å². The van der Waals surface area contributed by atoms with Crippen LogP contribution in [0.3, 0.4) is 0 Å². The highest BCUT2D eigenvalue weighted by Gasteiger charge is 1.89. The highest BCUT2D eigenvalue weighted by molar-refractivity contribution is 5.06. The lowest BCUT2D eigenvalue weighted by Crippen LogP contribution is -2.25. The average molecular weight is 122 g/mol. The summed E-state index contributed by atoms with van der Waals surface area (Å²) in [7, 11) is 2.03. The van der Waals surface area contributed by atoms with Gasteiger partial charge in [0.05, 0.1) is 0 Å². The molecule has 1 aromatic heterocycles. The molecule has 1 heterocycles. The van der Waals surface area contributed by atoms with E-state index >= 15 is 0 Å². The van der Waals surface area contributed by atoms with Gasteiger partial charge in [0.15, 0.2) is 12.4 Å². The fourth-order valence-electron chi connectivity index (χ4n) is 0.768. The van der Waals surface area contributed by atoms with Crippen LogP contribution in [-0.2, 0) is 13.5 Å². The van der Waals surface area contributed by atoms with Crippen molar-refractivity contribution in [2.24, 2.45) is 7.05 Å². The smallest absolute Gasteiger partial charge is 0.168 e. The van der Waals surface area contributed by atoms with E-state index in [0.717, 1.165) is 6.42 Å². The second-order valence-electron chi connectivity index (χ2n) is 2.23. The third kappa shape index (κ3) is 1.53. The summed E-state index contributed by atoms with van der Waals surface area (Å²) in [4.78, 5) is 0. The molecule has 48 valence electrons. The molecule has 0 N–H and O–H groups in total. The highest BCUT2D eigenvalue weighted by Crippen LogP contribution is 1.93. The Morgan fingerprint density at radius 3 is 2.33 bits per heavy atom. The fraction of sp³-hybridized carbons (Fsp3) is 0.375. The van der Waals surface area contributed by atoms with Crippen molar-refractivity contribution in [2.45, 2.75) is 13.3 Å². The van der Waals surface area contributed by atoms with Crippen LogP contribution in [0.1, 0.15) is 12.5 Å². The summed E-state index contributed by atoms with van der Waals surface area (Å²) in [5.41, 5.74) is 1.40. The van der Waals surface area contributed by atoms with Crippen LogP contribution in [0.25, 0.3) is 0 Å². The van der Waals surface area contributed by atoms with Gasteiger partial charge in [-0.2, -0.15) is 0 Å². The summed E-state index contributed by atoms with van der Waals surface area (Å²) in [6.07, 6.45) is 5.26. The number of pyridine rings is 1. The topological polar surface area (TPSA) is 3.88 Å². The summed E-state index contributed by atoms with van der Waals surface area (Å²) < 4.78 is 2.04. The minimum atomic E-state index is 1.13. The van der Waals surface area contributed by atoms with Crippen LogP contribution in [0.4, 0.5) is 0 Å². The van der Waals surface area contributed by atoms with E-state index in [9.17, 15) is 0 Å². The lowest BCUT2D eigenvalue weighted by atomic mass is 10.2. The predicted octanol–water partition coefficient (Wildman–Crippen LogP) is 1.07. The maximum Gasteiger partial charge on any atom is 0.168 e. The molecule has 1 heteroatoms. The predicted molar refractivity (Wildman–Crippen MR) is 37.0 cm³/mol. The Kier molecular flexibility index (Phi) is 1.83. The van der Waals surface area contributed by atoms with Crippen molar-refractivity contribution >= 4 is 0 Å². The van der Waals surface area contributed by atoms with Gasteiger partial charge in [-0.3, -0.25) is 0 Å². The van der Waals surface area contributed by atoms with Gasteiger partial charge in [-0.25, -0.2) is 4.57 Å². The Bertz CT molecular complexity index is 176. The third-order valence-electron chi connectivity index (χ3n) is 1.46. The zero-order valence-electron chi connectivity index (χ0n) is 5.96. The number of aryl methyl sites for hydroxylation is 2. The Morgan fingerprint density at radius 2 is 1.89 bits per heavy atom. The van der Waals surface area contributed by atoms with E-state index in [4.69, 9.17) is 0 Å². The minimum absolute atomic E-state index is 1.13. The molecule has 1 rings (SSSR count). The van der Waals surface area contributed by atoms with E-state index < -0.39 is 0 Å². The molecular weight excluding hydrogens is 110 g/mol. The largest absolute Gasteiger partial charge is 0.208 e.